The van der Waals surface area contributed by atoms with Crippen LogP contribution in [0.1, 0.15) is 34.6 Å². The van der Waals surface area contributed by atoms with E-state index in [1.165, 1.54) is 26.7 Å². The van der Waals surface area contributed by atoms with E-state index < -0.39 is 19.5 Å². The van der Waals surface area contributed by atoms with Crippen molar-refractivity contribution in [2.75, 3.05) is 0 Å². The molecule has 0 saturated carbocycles. The summed E-state index contributed by atoms with van der Waals surface area (Å²) in [5, 5.41) is 0. The number of rotatable bonds is 3. The molecule has 0 aliphatic heterocycles. The second-order valence-electron chi connectivity index (χ2n) is 4.60. The fraction of sp³-hybridized carbons (Fsp3) is 0.462. The number of allylic oxidation sites excluding steroid dienone is 4. The molecular formula is C13H18Cl2O2Ti. The van der Waals surface area contributed by atoms with Gasteiger partial charge in [-0.15, -0.1) is 0 Å². The van der Waals surface area contributed by atoms with Gasteiger partial charge in [-0.25, -0.2) is 0 Å². The minimum absolute atomic E-state index is 0. The molecule has 0 radical (unpaired) electrons. The molecule has 18 heavy (non-hydrogen) atoms. The minimum Gasteiger partial charge on any atom is -1.00 e. The van der Waals surface area contributed by atoms with Crippen molar-refractivity contribution < 1.29 is 52.5 Å². The zero-order valence-corrected chi connectivity index (χ0v) is 14.4. The van der Waals surface area contributed by atoms with Crippen molar-refractivity contribution >= 4 is 5.97 Å². The Balaban J connectivity index is 0. The van der Waals surface area contributed by atoms with Crippen molar-refractivity contribution in [3.05, 3.63) is 33.3 Å². The summed E-state index contributed by atoms with van der Waals surface area (Å²) in [6, 6.07) is 0. The first kappa shape index (κ1) is 20.3. The molecule has 0 aromatic rings. The molecule has 0 bridgehead atoms. The van der Waals surface area contributed by atoms with Crippen LogP contribution in [0.25, 0.3) is 0 Å². The number of hydrogen-bond acceptors (Lipinski definition) is 2. The summed E-state index contributed by atoms with van der Waals surface area (Å²) in [6.07, 6.45) is 1.23. The molecule has 2 nitrogen and oxygen atoms in total. The van der Waals surface area contributed by atoms with Gasteiger partial charge in [-0.2, -0.15) is 0 Å². The second-order valence-corrected chi connectivity index (χ2v) is 6.02. The average molecular weight is 325 g/mol. The topological polar surface area (TPSA) is 26.3 Å². The summed E-state index contributed by atoms with van der Waals surface area (Å²) < 4.78 is 6.58. The van der Waals surface area contributed by atoms with Gasteiger partial charge in [0.1, 0.15) is 0 Å². The van der Waals surface area contributed by atoms with Gasteiger partial charge in [-0.3, -0.25) is 0 Å². The van der Waals surface area contributed by atoms with Crippen LogP contribution >= 0.6 is 0 Å². The SMILES string of the molecule is C=CC(=O)[O][Ti+2][C]1=C(C)C(C)=C(C)C1(C)C.[Cl-].[Cl-]. The van der Waals surface area contributed by atoms with Crippen molar-refractivity contribution in [1.82, 2.24) is 0 Å². The Labute approximate surface area is 131 Å². The molecule has 0 aromatic heterocycles. The third-order valence-corrected chi connectivity index (χ3v) is 5.84. The fourth-order valence-corrected chi connectivity index (χ4v) is 3.61. The van der Waals surface area contributed by atoms with Crippen molar-refractivity contribution in [2.45, 2.75) is 34.6 Å². The summed E-state index contributed by atoms with van der Waals surface area (Å²) >= 11 is -0.836. The van der Waals surface area contributed by atoms with Gasteiger partial charge < -0.3 is 24.8 Å². The molecule has 1 rings (SSSR count). The third kappa shape index (κ3) is 3.74. The largest absolute Gasteiger partial charge is 1.00 e. The van der Waals surface area contributed by atoms with E-state index in [0.717, 1.165) is 0 Å². The quantitative estimate of drug-likeness (QED) is 0.419. The Morgan fingerprint density at radius 2 is 1.72 bits per heavy atom. The van der Waals surface area contributed by atoms with Crippen LogP contribution in [-0.2, 0) is 27.7 Å². The number of carbonyl (C=O) groups is 1. The van der Waals surface area contributed by atoms with E-state index in [2.05, 4.69) is 41.2 Å². The average Bonchev–Trinajstić information content (AvgIpc) is 2.38. The minimum atomic E-state index is -0.836. The molecule has 0 heterocycles. The number of carbonyl (C=O) groups excluding carboxylic acids is 1. The predicted molar refractivity (Wildman–Crippen MR) is 61.1 cm³/mol. The fourth-order valence-electron chi connectivity index (χ4n) is 1.94. The van der Waals surface area contributed by atoms with Crippen LogP contribution in [0.4, 0.5) is 0 Å². The van der Waals surface area contributed by atoms with E-state index in [-0.39, 0.29) is 36.2 Å². The summed E-state index contributed by atoms with van der Waals surface area (Å²) in [4.78, 5) is 11.1. The van der Waals surface area contributed by atoms with Gasteiger partial charge in [0.25, 0.3) is 0 Å². The first-order chi connectivity index (χ1) is 7.32. The van der Waals surface area contributed by atoms with E-state index in [0.29, 0.717) is 0 Å². The standard InChI is InChI=1S/C10H15.C3H4O2.2ClH.Ti/c1-7-6-10(4,5)9(3)8(7)2;1-2-3(4)5;;;/h1-5H3;2H,1H2,(H,4,5);2*1H;/q;;;;+3/p-3. The Kier molecular flexibility index (Phi) is 8.51. The van der Waals surface area contributed by atoms with E-state index in [1.54, 1.807) is 0 Å². The van der Waals surface area contributed by atoms with Crippen LogP contribution < -0.4 is 24.8 Å². The molecule has 0 spiro atoms. The van der Waals surface area contributed by atoms with Crippen molar-refractivity contribution in [3.63, 3.8) is 0 Å². The number of hydrogen-bond donors (Lipinski definition) is 0. The van der Waals surface area contributed by atoms with E-state index in [4.69, 9.17) is 3.32 Å². The molecule has 0 aromatic carbocycles. The van der Waals surface area contributed by atoms with Gasteiger partial charge in [-0.05, 0) is 0 Å². The molecule has 0 fully saturated rings. The molecule has 0 atom stereocenters. The zero-order valence-electron chi connectivity index (χ0n) is 11.4. The van der Waals surface area contributed by atoms with Crippen LogP contribution in [0.15, 0.2) is 33.3 Å². The van der Waals surface area contributed by atoms with Crippen molar-refractivity contribution in [3.8, 4) is 0 Å². The van der Waals surface area contributed by atoms with Crippen LogP contribution in [0.5, 0.6) is 0 Å². The molecule has 0 N–H and O–H groups in total. The zero-order chi connectivity index (χ0) is 12.5. The van der Waals surface area contributed by atoms with Crippen LogP contribution in [0.2, 0.25) is 0 Å². The molecule has 100 valence electrons. The Morgan fingerprint density at radius 3 is 2.06 bits per heavy atom. The Hall–Kier alpha value is -0.0157. The molecule has 0 saturated heterocycles. The van der Waals surface area contributed by atoms with Crippen LogP contribution in [-0.4, -0.2) is 5.97 Å². The van der Waals surface area contributed by atoms with Gasteiger partial charge in [0.05, 0.1) is 0 Å². The van der Waals surface area contributed by atoms with Crippen LogP contribution in [0, 0.1) is 5.41 Å². The normalized spacial score (nSPS) is 16.5. The Morgan fingerprint density at radius 1 is 1.22 bits per heavy atom. The first-order valence-electron chi connectivity index (χ1n) is 5.31. The summed E-state index contributed by atoms with van der Waals surface area (Å²) in [5.74, 6) is -0.307. The van der Waals surface area contributed by atoms with Gasteiger partial charge in [-0.1, -0.05) is 0 Å². The maximum Gasteiger partial charge on any atom is -1.00 e. The molecule has 0 unspecified atom stereocenters. The van der Waals surface area contributed by atoms with E-state index in [1.807, 2.05) is 0 Å². The summed E-state index contributed by atoms with van der Waals surface area (Å²) in [5.41, 5.74) is 4.09. The van der Waals surface area contributed by atoms with Gasteiger partial charge in [0.15, 0.2) is 0 Å². The smallest absolute Gasteiger partial charge is 1.00 e. The monoisotopic (exact) mass is 324 g/mol. The van der Waals surface area contributed by atoms with E-state index >= 15 is 0 Å². The van der Waals surface area contributed by atoms with Gasteiger partial charge >= 0.3 is 107 Å². The predicted octanol–water partition coefficient (Wildman–Crippen LogP) is -2.63. The summed E-state index contributed by atoms with van der Waals surface area (Å²) in [7, 11) is 0. The molecule has 1 aliphatic carbocycles. The van der Waals surface area contributed by atoms with Crippen molar-refractivity contribution in [1.29, 1.82) is 0 Å². The molecule has 0 amide bonds. The van der Waals surface area contributed by atoms with Crippen molar-refractivity contribution in [2.24, 2.45) is 5.41 Å². The third-order valence-electron chi connectivity index (χ3n) is 3.48. The molecule has 1 aliphatic rings. The summed E-state index contributed by atoms with van der Waals surface area (Å²) in [6.45, 7) is 14.2. The second kappa shape index (κ2) is 7.54. The maximum absolute atomic E-state index is 11.1. The Bertz CT molecular complexity index is 409. The van der Waals surface area contributed by atoms with Gasteiger partial charge in [0, 0.05) is 0 Å². The molecule has 5 heteroatoms. The van der Waals surface area contributed by atoms with E-state index in [9.17, 15) is 4.79 Å². The van der Waals surface area contributed by atoms with Gasteiger partial charge in [0.2, 0.25) is 0 Å². The molecular weight excluding hydrogens is 307 g/mol. The first-order valence-corrected chi connectivity index (χ1v) is 6.73. The van der Waals surface area contributed by atoms with Crippen LogP contribution in [0.3, 0.4) is 0 Å². The number of halogens is 2. The maximum atomic E-state index is 11.1.